The number of hydrogen-bond donors (Lipinski definition) is 1. The van der Waals surface area contributed by atoms with Crippen LogP contribution in [0.3, 0.4) is 0 Å². The SMILES string of the molecule is COc1c(OC)c(-c2ccc3c(c2)OCO3)c2cc3c(cc2c1O)COC3=O. The number of methoxy groups -OCH3 is 2. The predicted molar refractivity (Wildman–Crippen MR) is 99.4 cm³/mol. The van der Waals surface area contributed by atoms with Gasteiger partial charge in [-0.1, -0.05) is 6.07 Å². The Hall–Kier alpha value is -3.61. The van der Waals surface area contributed by atoms with Crippen molar-refractivity contribution < 1.29 is 33.6 Å². The largest absolute Gasteiger partial charge is 0.504 e. The van der Waals surface area contributed by atoms with Crippen molar-refractivity contribution in [2.75, 3.05) is 21.0 Å². The molecule has 7 heteroatoms. The molecule has 0 amide bonds. The molecule has 5 rings (SSSR count). The second kappa shape index (κ2) is 5.95. The first-order valence-corrected chi connectivity index (χ1v) is 8.63. The summed E-state index contributed by atoms with van der Waals surface area (Å²) in [5.41, 5.74) is 2.64. The summed E-state index contributed by atoms with van der Waals surface area (Å²) in [7, 11) is 2.97. The molecule has 0 saturated carbocycles. The van der Waals surface area contributed by atoms with Gasteiger partial charge in [0.1, 0.15) is 6.61 Å². The third kappa shape index (κ3) is 2.19. The average Bonchev–Trinajstić information content (AvgIpc) is 3.32. The lowest BCUT2D eigenvalue weighted by Crippen LogP contribution is -1.98. The molecule has 2 aliphatic heterocycles. The monoisotopic (exact) mass is 380 g/mol. The summed E-state index contributed by atoms with van der Waals surface area (Å²) in [4.78, 5) is 12.1. The molecule has 3 aromatic rings. The molecule has 7 nitrogen and oxygen atoms in total. The van der Waals surface area contributed by atoms with E-state index in [1.807, 2.05) is 18.2 Å². The molecule has 0 aromatic heterocycles. The molecular formula is C21H16O7. The average molecular weight is 380 g/mol. The molecule has 142 valence electrons. The highest BCUT2D eigenvalue weighted by Gasteiger charge is 2.28. The van der Waals surface area contributed by atoms with Crippen molar-refractivity contribution in [1.29, 1.82) is 0 Å². The zero-order valence-corrected chi connectivity index (χ0v) is 15.2. The number of aromatic hydroxyl groups is 1. The van der Waals surface area contributed by atoms with Crippen LogP contribution in [0, 0.1) is 0 Å². The molecule has 0 radical (unpaired) electrons. The first-order chi connectivity index (χ1) is 13.6. The number of carbonyl (C=O) groups is 1. The lowest BCUT2D eigenvalue weighted by Gasteiger charge is -2.18. The van der Waals surface area contributed by atoms with Crippen molar-refractivity contribution in [1.82, 2.24) is 0 Å². The minimum Gasteiger partial charge on any atom is -0.504 e. The van der Waals surface area contributed by atoms with Crippen LogP contribution in [0.5, 0.6) is 28.7 Å². The fourth-order valence-electron chi connectivity index (χ4n) is 3.77. The van der Waals surface area contributed by atoms with E-state index < -0.39 is 0 Å². The van der Waals surface area contributed by atoms with E-state index in [0.717, 1.165) is 11.1 Å². The van der Waals surface area contributed by atoms with Crippen molar-refractivity contribution in [2.45, 2.75) is 6.61 Å². The Kier molecular flexibility index (Phi) is 3.52. The van der Waals surface area contributed by atoms with Crippen LogP contribution in [0.25, 0.3) is 21.9 Å². The standard InChI is InChI=1S/C21H16O7/c1-24-19-17(10-3-4-15-16(6-10)28-9-27-15)13-7-12-11(8-26-21(12)23)5-14(13)18(22)20(19)25-2/h3-7,22H,8-9H2,1-2H3. The number of carbonyl (C=O) groups excluding carboxylic acids is 1. The van der Waals surface area contributed by atoms with Gasteiger partial charge in [0.15, 0.2) is 23.0 Å². The number of benzene rings is 3. The van der Waals surface area contributed by atoms with Crippen LogP contribution >= 0.6 is 0 Å². The Morgan fingerprint density at radius 3 is 2.50 bits per heavy atom. The molecular weight excluding hydrogens is 364 g/mol. The topological polar surface area (TPSA) is 83.5 Å². The zero-order chi connectivity index (χ0) is 19.4. The van der Waals surface area contributed by atoms with E-state index >= 15 is 0 Å². The number of esters is 1. The molecule has 3 aromatic carbocycles. The second-order valence-corrected chi connectivity index (χ2v) is 6.49. The summed E-state index contributed by atoms with van der Waals surface area (Å²) in [6, 6.07) is 8.99. The van der Waals surface area contributed by atoms with Crippen LogP contribution in [0.1, 0.15) is 15.9 Å². The maximum atomic E-state index is 12.1. The number of ether oxygens (including phenoxy) is 5. The van der Waals surface area contributed by atoms with Crippen molar-refractivity contribution in [3.8, 4) is 39.9 Å². The Balaban J connectivity index is 1.89. The minimum absolute atomic E-state index is 0.0546. The number of phenols is 1. The summed E-state index contributed by atoms with van der Waals surface area (Å²) < 4.78 is 27.1. The van der Waals surface area contributed by atoms with Gasteiger partial charge in [0.2, 0.25) is 12.5 Å². The molecule has 0 spiro atoms. The number of rotatable bonds is 3. The molecule has 0 bridgehead atoms. The minimum atomic E-state index is -0.386. The maximum Gasteiger partial charge on any atom is 0.338 e. The summed E-state index contributed by atoms with van der Waals surface area (Å²) in [6.45, 7) is 0.339. The quantitative estimate of drug-likeness (QED) is 0.695. The molecule has 0 atom stereocenters. The summed E-state index contributed by atoms with van der Waals surface area (Å²) in [6.07, 6.45) is 0. The van der Waals surface area contributed by atoms with Crippen LogP contribution in [-0.2, 0) is 11.3 Å². The van der Waals surface area contributed by atoms with Gasteiger partial charge in [-0.3, -0.25) is 0 Å². The van der Waals surface area contributed by atoms with Gasteiger partial charge in [0, 0.05) is 16.5 Å². The first kappa shape index (κ1) is 16.6. The van der Waals surface area contributed by atoms with Gasteiger partial charge in [-0.2, -0.15) is 0 Å². The lowest BCUT2D eigenvalue weighted by molar-refractivity contribution is 0.0535. The van der Waals surface area contributed by atoms with E-state index in [4.69, 9.17) is 23.7 Å². The molecule has 2 heterocycles. The van der Waals surface area contributed by atoms with Crippen molar-refractivity contribution in [3.63, 3.8) is 0 Å². The third-order valence-corrected chi connectivity index (χ3v) is 5.06. The highest BCUT2D eigenvalue weighted by molar-refractivity contribution is 6.09. The lowest BCUT2D eigenvalue weighted by atomic mass is 9.92. The molecule has 28 heavy (non-hydrogen) atoms. The van der Waals surface area contributed by atoms with Gasteiger partial charge in [-0.05, 0) is 35.2 Å². The normalized spacial score (nSPS) is 14.1. The van der Waals surface area contributed by atoms with Crippen LogP contribution in [0.4, 0.5) is 0 Å². The Labute approximate surface area is 160 Å². The van der Waals surface area contributed by atoms with Gasteiger partial charge >= 0.3 is 5.97 Å². The smallest absolute Gasteiger partial charge is 0.338 e. The van der Waals surface area contributed by atoms with Crippen LogP contribution in [-0.4, -0.2) is 32.1 Å². The maximum absolute atomic E-state index is 12.1. The second-order valence-electron chi connectivity index (χ2n) is 6.49. The Morgan fingerprint density at radius 1 is 0.929 bits per heavy atom. The molecule has 0 saturated heterocycles. The van der Waals surface area contributed by atoms with E-state index in [1.54, 1.807) is 12.1 Å². The summed E-state index contributed by atoms with van der Waals surface area (Å²) in [5, 5.41) is 12.0. The number of cyclic esters (lactones) is 1. The van der Waals surface area contributed by atoms with Crippen molar-refractivity contribution >= 4 is 16.7 Å². The van der Waals surface area contributed by atoms with Crippen LogP contribution in [0.15, 0.2) is 30.3 Å². The van der Waals surface area contributed by atoms with E-state index in [0.29, 0.717) is 39.1 Å². The van der Waals surface area contributed by atoms with Gasteiger partial charge in [-0.25, -0.2) is 4.79 Å². The van der Waals surface area contributed by atoms with Crippen molar-refractivity contribution in [2.24, 2.45) is 0 Å². The third-order valence-electron chi connectivity index (χ3n) is 5.06. The van der Waals surface area contributed by atoms with E-state index in [9.17, 15) is 9.90 Å². The molecule has 2 aliphatic rings. The first-order valence-electron chi connectivity index (χ1n) is 8.63. The van der Waals surface area contributed by atoms with E-state index in [-0.39, 0.29) is 30.9 Å². The van der Waals surface area contributed by atoms with Crippen LogP contribution < -0.4 is 18.9 Å². The van der Waals surface area contributed by atoms with E-state index in [2.05, 4.69) is 0 Å². The number of phenolic OH excluding ortho intramolecular Hbond substituents is 1. The van der Waals surface area contributed by atoms with Gasteiger partial charge in [0.25, 0.3) is 0 Å². The Morgan fingerprint density at radius 2 is 1.71 bits per heavy atom. The Bertz CT molecular complexity index is 1150. The highest BCUT2D eigenvalue weighted by atomic mass is 16.7. The predicted octanol–water partition coefficient (Wildman–Crippen LogP) is 3.63. The fourth-order valence-corrected chi connectivity index (χ4v) is 3.77. The fraction of sp³-hybridized carbons (Fsp3) is 0.190. The zero-order valence-electron chi connectivity index (χ0n) is 15.2. The van der Waals surface area contributed by atoms with Gasteiger partial charge in [-0.15, -0.1) is 0 Å². The molecule has 0 aliphatic carbocycles. The van der Waals surface area contributed by atoms with Crippen molar-refractivity contribution in [3.05, 3.63) is 41.5 Å². The van der Waals surface area contributed by atoms with Crippen LogP contribution in [0.2, 0.25) is 0 Å². The van der Waals surface area contributed by atoms with Gasteiger partial charge in [0.05, 0.1) is 19.8 Å². The number of fused-ring (bicyclic) bond motifs is 3. The number of hydrogen-bond acceptors (Lipinski definition) is 7. The van der Waals surface area contributed by atoms with E-state index in [1.165, 1.54) is 14.2 Å². The summed E-state index contributed by atoms with van der Waals surface area (Å²) >= 11 is 0. The molecule has 0 fully saturated rings. The molecule has 1 N–H and O–H groups in total. The van der Waals surface area contributed by atoms with Gasteiger partial charge < -0.3 is 28.8 Å². The summed E-state index contributed by atoms with van der Waals surface area (Å²) in [5.74, 6) is 1.40. The highest BCUT2D eigenvalue weighted by Crippen LogP contribution is 2.52. The molecule has 0 unspecified atom stereocenters.